The van der Waals surface area contributed by atoms with Gasteiger partial charge in [-0.05, 0) is 61.0 Å². The first kappa shape index (κ1) is 22.0. The van der Waals surface area contributed by atoms with E-state index in [9.17, 15) is 9.59 Å². The van der Waals surface area contributed by atoms with Crippen LogP contribution in [-0.4, -0.2) is 32.6 Å². The van der Waals surface area contributed by atoms with Crippen LogP contribution in [-0.2, 0) is 9.59 Å². The Morgan fingerprint density at radius 1 is 0.788 bits per heavy atom. The van der Waals surface area contributed by atoms with Crippen molar-refractivity contribution in [3.63, 3.8) is 0 Å². The largest absolute Gasteiger partial charge is 0.497 e. The molecule has 0 saturated carbocycles. The monoisotopic (exact) mass is 444 g/mol. The summed E-state index contributed by atoms with van der Waals surface area (Å²) in [5.74, 6) is 1.05. The van der Waals surface area contributed by atoms with Crippen LogP contribution in [0.2, 0.25) is 0 Å². The minimum Gasteiger partial charge on any atom is -0.497 e. The van der Waals surface area contributed by atoms with E-state index >= 15 is 0 Å². The maximum absolute atomic E-state index is 13.5. The Morgan fingerprint density at radius 3 is 2.09 bits per heavy atom. The Labute approximate surface area is 192 Å². The van der Waals surface area contributed by atoms with E-state index in [1.165, 1.54) is 7.11 Å². The molecule has 0 atom stereocenters. The fourth-order valence-corrected chi connectivity index (χ4v) is 3.60. The van der Waals surface area contributed by atoms with E-state index in [1.54, 1.807) is 79.9 Å². The lowest BCUT2D eigenvalue weighted by atomic mass is 10.0. The molecule has 0 unspecified atom stereocenters. The predicted octanol–water partition coefficient (Wildman–Crippen LogP) is 4.50. The standard InChI is InChI=1S/C26H24N2O5/c1-4-33-21-14-10-18(11-15-21)27-24-23(17-8-12-20(31-2)13-9-17)25(29)28(26(24)30)19-6-5-7-22(16-19)32-3/h5-16,27H,4H2,1-3H3. The molecule has 168 valence electrons. The Bertz CT molecular complexity index is 1200. The highest BCUT2D eigenvalue weighted by Crippen LogP contribution is 2.35. The maximum atomic E-state index is 13.5. The normalized spacial score (nSPS) is 13.4. The van der Waals surface area contributed by atoms with Crippen LogP contribution >= 0.6 is 0 Å². The van der Waals surface area contributed by atoms with Crippen molar-refractivity contribution in [2.45, 2.75) is 6.92 Å². The summed E-state index contributed by atoms with van der Waals surface area (Å²) < 4.78 is 16.0. The molecule has 3 aromatic rings. The third kappa shape index (κ3) is 4.39. The Kier molecular flexibility index (Phi) is 6.31. The van der Waals surface area contributed by atoms with Crippen molar-refractivity contribution in [1.29, 1.82) is 0 Å². The molecule has 1 N–H and O–H groups in total. The number of methoxy groups -OCH3 is 2. The number of amides is 2. The highest BCUT2D eigenvalue weighted by molar-refractivity contribution is 6.46. The summed E-state index contributed by atoms with van der Waals surface area (Å²) >= 11 is 0. The molecule has 1 aliphatic heterocycles. The summed E-state index contributed by atoms with van der Waals surface area (Å²) in [5, 5.41) is 3.15. The van der Waals surface area contributed by atoms with Crippen LogP contribution < -0.4 is 24.4 Å². The molecule has 33 heavy (non-hydrogen) atoms. The van der Waals surface area contributed by atoms with Crippen LogP contribution in [0.4, 0.5) is 11.4 Å². The first-order valence-corrected chi connectivity index (χ1v) is 10.5. The van der Waals surface area contributed by atoms with E-state index in [4.69, 9.17) is 14.2 Å². The number of hydrogen-bond donors (Lipinski definition) is 1. The van der Waals surface area contributed by atoms with Crippen LogP contribution in [0.15, 0.2) is 78.5 Å². The van der Waals surface area contributed by atoms with E-state index in [2.05, 4.69) is 5.32 Å². The van der Waals surface area contributed by atoms with Crippen molar-refractivity contribution >= 4 is 28.8 Å². The second-order valence-corrected chi connectivity index (χ2v) is 7.21. The highest BCUT2D eigenvalue weighted by Gasteiger charge is 2.40. The molecule has 0 aromatic heterocycles. The quantitative estimate of drug-likeness (QED) is 0.516. The first-order chi connectivity index (χ1) is 16.0. The van der Waals surface area contributed by atoms with E-state index in [0.717, 1.165) is 10.6 Å². The lowest BCUT2D eigenvalue weighted by Crippen LogP contribution is -2.32. The number of nitrogens with one attached hydrogen (secondary N) is 1. The summed E-state index contributed by atoms with van der Waals surface area (Å²) in [6.07, 6.45) is 0. The first-order valence-electron chi connectivity index (χ1n) is 10.5. The summed E-state index contributed by atoms with van der Waals surface area (Å²) in [7, 11) is 3.11. The zero-order valence-corrected chi connectivity index (χ0v) is 18.6. The van der Waals surface area contributed by atoms with Gasteiger partial charge in [-0.15, -0.1) is 0 Å². The molecule has 0 bridgehead atoms. The maximum Gasteiger partial charge on any atom is 0.282 e. The molecular formula is C26H24N2O5. The summed E-state index contributed by atoms with van der Waals surface area (Å²) in [6.45, 7) is 2.47. The molecule has 2 amide bonds. The molecule has 3 aromatic carbocycles. The number of carbonyl (C=O) groups excluding carboxylic acids is 2. The smallest absolute Gasteiger partial charge is 0.282 e. The number of anilines is 2. The van der Waals surface area contributed by atoms with Crippen LogP contribution in [0.1, 0.15) is 12.5 Å². The third-order valence-electron chi connectivity index (χ3n) is 5.21. The van der Waals surface area contributed by atoms with E-state index < -0.39 is 11.8 Å². The lowest BCUT2D eigenvalue weighted by Gasteiger charge is -2.16. The van der Waals surface area contributed by atoms with Crippen molar-refractivity contribution in [2.24, 2.45) is 0 Å². The zero-order valence-electron chi connectivity index (χ0n) is 18.6. The number of nitrogens with zero attached hydrogens (tertiary/aromatic N) is 1. The Morgan fingerprint density at radius 2 is 1.45 bits per heavy atom. The van der Waals surface area contributed by atoms with Gasteiger partial charge in [-0.3, -0.25) is 9.59 Å². The molecule has 7 heteroatoms. The summed E-state index contributed by atoms with van der Waals surface area (Å²) in [6, 6.07) is 21.1. The highest BCUT2D eigenvalue weighted by atomic mass is 16.5. The van der Waals surface area contributed by atoms with Crippen molar-refractivity contribution in [1.82, 2.24) is 0 Å². The second kappa shape index (κ2) is 9.48. The van der Waals surface area contributed by atoms with Gasteiger partial charge in [0.15, 0.2) is 0 Å². The number of imide groups is 1. The predicted molar refractivity (Wildman–Crippen MR) is 127 cm³/mol. The minimum absolute atomic E-state index is 0.192. The van der Waals surface area contributed by atoms with Gasteiger partial charge >= 0.3 is 0 Å². The number of rotatable bonds is 8. The van der Waals surface area contributed by atoms with Gasteiger partial charge in [0.2, 0.25) is 0 Å². The molecule has 0 saturated heterocycles. The molecule has 0 spiro atoms. The van der Waals surface area contributed by atoms with Gasteiger partial charge in [-0.1, -0.05) is 18.2 Å². The number of benzene rings is 3. The van der Waals surface area contributed by atoms with Crippen LogP contribution in [0.25, 0.3) is 5.57 Å². The summed E-state index contributed by atoms with van der Waals surface area (Å²) in [4.78, 5) is 28.2. The lowest BCUT2D eigenvalue weighted by molar-refractivity contribution is -0.120. The van der Waals surface area contributed by atoms with Gasteiger partial charge in [0.1, 0.15) is 22.9 Å². The van der Waals surface area contributed by atoms with Crippen LogP contribution in [0.5, 0.6) is 17.2 Å². The van der Waals surface area contributed by atoms with Gasteiger partial charge in [-0.2, -0.15) is 0 Å². The fraction of sp³-hybridized carbons (Fsp3) is 0.154. The molecule has 0 radical (unpaired) electrons. The molecular weight excluding hydrogens is 420 g/mol. The number of ether oxygens (including phenoxy) is 3. The number of carbonyl (C=O) groups is 2. The molecule has 4 rings (SSSR count). The van der Waals surface area contributed by atoms with Gasteiger partial charge in [0, 0.05) is 11.8 Å². The Hall–Kier alpha value is -4.26. The fourth-order valence-electron chi connectivity index (χ4n) is 3.60. The second-order valence-electron chi connectivity index (χ2n) is 7.21. The van der Waals surface area contributed by atoms with Gasteiger partial charge < -0.3 is 19.5 Å². The Balaban J connectivity index is 1.76. The van der Waals surface area contributed by atoms with Gasteiger partial charge in [-0.25, -0.2) is 4.90 Å². The van der Waals surface area contributed by atoms with Crippen molar-refractivity contribution in [3.05, 3.63) is 84.1 Å². The third-order valence-corrected chi connectivity index (χ3v) is 5.21. The molecule has 7 nitrogen and oxygen atoms in total. The van der Waals surface area contributed by atoms with E-state index in [-0.39, 0.29) is 11.3 Å². The SMILES string of the molecule is CCOc1ccc(NC2=C(c3ccc(OC)cc3)C(=O)N(c3cccc(OC)c3)C2=O)cc1. The molecule has 1 heterocycles. The number of hydrogen-bond acceptors (Lipinski definition) is 6. The van der Waals surface area contributed by atoms with Crippen molar-refractivity contribution in [2.75, 3.05) is 31.0 Å². The molecule has 0 aliphatic carbocycles. The van der Waals surface area contributed by atoms with Gasteiger partial charge in [0.25, 0.3) is 11.8 Å². The summed E-state index contributed by atoms with van der Waals surface area (Å²) in [5.41, 5.74) is 2.16. The zero-order chi connectivity index (χ0) is 23.4. The van der Waals surface area contributed by atoms with Gasteiger partial charge in [0.05, 0.1) is 32.1 Å². The van der Waals surface area contributed by atoms with Crippen LogP contribution in [0.3, 0.4) is 0 Å². The minimum atomic E-state index is -0.451. The van der Waals surface area contributed by atoms with Crippen molar-refractivity contribution in [3.8, 4) is 17.2 Å². The van der Waals surface area contributed by atoms with E-state index in [1.807, 2.05) is 6.92 Å². The average Bonchev–Trinajstić information content (AvgIpc) is 3.09. The molecule has 1 aliphatic rings. The topological polar surface area (TPSA) is 77.1 Å². The average molecular weight is 444 g/mol. The van der Waals surface area contributed by atoms with Crippen LogP contribution in [0, 0.1) is 0 Å². The molecule has 0 fully saturated rings. The van der Waals surface area contributed by atoms with E-state index in [0.29, 0.717) is 35.0 Å². The van der Waals surface area contributed by atoms with Crippen molar-refractivity contribution < 1.29 is 23.8 Å².